The summed E-state index contributed by atoms with van der Waals surface area (Å²) in [5.41, 5.74) is 1.88. The molecule has 1 fully saturated rings. The number of ether oxygens (including phenoxy) is 1. The third-order valence-corrected chi connectivity index (χ3v) is 6.54. The fourth-order valence-electron chi connectivity index (χ4n) is 3.97. The van der Waals surface area contributed by atoms with Gasteiger partial charge in [0.1, 0.15) is 11.4 Å². The van der Waals surface area contributed by atoms with Crippen molar-refractivity contribution >= 4 is 22.2 Å². The van der Waals surface area contributed by atoms with Crippen molar-refractivity contribution in [2.45, 2.75) is 19.3 Å². The third kappa shape index (κ3) is 4.79. The molecule has 0 bridgehead atoms. The number of likely N-dealkylation sites (tertiary alicyclic amines) is 1. The Balaban J connectivity index is 1.21. The van der Waals surface area contributed by atoms with Crippen molar-refractivity contribution in [1.82, 2.24) is 19.2 Å². The highest BCUT2D eigenvalue weighted by Crippen LogP contribution is 2.20. The van der Waals surface area contributed by atoms with Crippen LogP contribution in [-0.4, -0.2) is 65.4 Å². The smallest absolute Gasteiger partial charge is 0.273 e. The summed E-state index contributed by atoms with van der Waals surface area (Å²) in [6.07, 6.45) is 7.10. The first-order chi connectivity index (χ1) is 14.1. The van der Waals surface area contributed by atoms with Gasteiger partial charge in [-0.25, -0.2) is 4.98 Å². The van der Waals surface area contributed by atoms with Crippen LogP contribution in [0.4, 0.5) is 0 Å². The molecule has 0 unspecified atom stereocenters. The molecule has 0 atom stereocenters. The van der Waals surface area contributed by atoms with E-state index in [2.05, 4.69) is 22.0 Å². The van der Waals surface area contributed by atoms with E-state index in [-0.39, 0.29) is 5.91 Å². The van der Waals surface area contributed by atoms with Gasteiger partial charge in [-0.3, -0.25) is 9.20 Å². The zero-order chi connectivity index (χ0) is 20.2. The Morgan fingerprint density at radius 3 is 2.72 bits per heavy atom. The molecule has 0 aliphatic carbocycles. The van der Waals surface area contributed by atoms with Gasteiger partial charge in [0.2, 0.25) is 0 Å². The highest BCUT2D eigenvalue weighted by Gasteiger charge is 2.23. The number of hydrogen-bond donors (Lipinski definition) is 0. The normalized spacial score (nSPS) is 15.7. The van der Waals surface area contributed by atoms with Crippen LogP contribution in [0, 0.1) is 5.92 Å². The maximum atomic E-state index is 12.7. The summed E-state index contributed by atoms with van der Waals surface area (Å²) in [5, 5.41) is 1.97. The summed E-state index contributed by atoms with van der Waals surface area (Å²) in [4.78, 5) is 22.4. The Bertz CT molecular complexity index is 913. The second-order valence-electron chi connectivity index (χ2n) is 7.79. The Morgan fingerprint density at radius 2 is 2.03 bits per heavy atom. The molecule has 1 amide bonds. The number of benzene rings is 1. The number of nitrogens with zero attached hydrogens (tertiary/aromatic N) is 4. The topological polar surface area (TPSA) is 50.1 Å². The van der Waals surface area contributed by atoms with E-state index in [1.807, 2.05) is 46.3 Å². The van der Waals surface area contributed by atoms with Gasteiger partial charge in [0, 0.05) is 37.9 Å². The summed E-state index contributed by atoms with van der Waals surface area (Å²) in [6.45, 7) is 4.08. The van der Waals surface area contributed by atoms with Gasteiger partial charge in [0.15, 0.2) is 4.96 Å². The van der Waals surface area contributed by atoms with E-state index in [1.165, 1.54) is 5.56 Å². The van der Waals surface area contributed by atoms with E-state index in [0.717, 1.165) is 56.2 Å². The SMILES string of the molecule is COc1ccc(CCN2CCC(CN(C)C(=O)c3cn4ccsc4n3)CC2)cc1. The largest absolute Gasteiger partial charge is 0.497 e. The highest BCUT2D eigenvalue weighted by atomic mass is 32.1. The number of fused-ring (bicyclic) bond motifs is 1. The average molecular weight is 413 g/mol. The molecule has 0 spiro atoms. The molecule has 0 radical (unpaired) electrons. The molecule has 1 saturated heterocycles. The van der Waals surface area contributed by atoms with Crippen LogP contribution >= 0.6 is 11.3 Å². The van der Waals surface area contributed by atoms with Gasteiger partial charge in [-0.2, -0.15) is 0 Å². The van der Waals surface area contributed by atoms with Crippen LogP contribution < -0.4 is 4.74 Å². The minimum atomic E-state index is 0.0165. The monoisotopic (exact) mass is 412 g/mol. The fourth-order valence-corrected chi connectivity index (χ4v) is 4.67. The van der Waals surface area contributed by atoms with Crippen LogP contribution in [-0.2, 0) is 6.42 Å². The molecular weight excluding hydrogens is 384 g/mol. The Hall–Kier alpha value is -2.38. The molecular formula is C22H28N4O2S. The Morgan fingerprint density at radius 1 is 1.28 bits per heavy atom. The molecule has 0 saturated carbocycles. The Kier molecular flexibility index (Phi) is 6.16. The van der Waals surface area contributed by atoms with Crippen molar-refractivity contribution in [2.75, 3.05) is 40.3 Å². The summed E-state index contributed by atoms with van der Waals surface area (Å²) in [6, 6.07) is 8.34. The number of piperidine rings is 1. The van der Waals surface area contributed by atoms with E-state index in [1.54, 1.807) is 18.4 Å². The molecule has 1 aromatic carbocycles. The summed E-state index contributed by atoms with van der Waals surface area (Å²) in [7, 11) is 3.59. The number of carbonyl (C=O) groups excluding carboxylic acids is 1. The van der Waals surface area contributed by atoms with Gasteiger partial charge in [0.05, 0.1) is 7.11 Å². The van der Waals surface area contributed by atoms with Crippen molar-refractivity contribution < 1.29 is 9.53 Å². The van der Waals surface area contributed by atoms with Gasteiger partial charge >= 0.3 is 0 Å². The number of hydrogen-bond acceptors (Lipinski definition) is 5. The maximum Gasteiger partial charge on any atom is 0.273 e. The lowest BCUT2D eigenvalue weighted by Gasteiger charge is -2.33. The number of imidazole rings is 1. The van der Waals surface area contributed by atoms with Crippen molar-refractivity contribution in [1.29, 1.82) is 0 Å². The lowest BCUT2D eigenvalue weighted by Crippen LogP contribution is -2.40. The molecule has 1 aliphatic heterocycles. The van der Waals surface area contributed by atoms with E-state index in [0.29, 0.717) is 11.6 Å². The van der Waals surface area contributed by atoms with Crippen molar-refractivity contribution in [3.05, 3.63) is 53.3 Å². The number of methoxy groups -OCH3 is 1. The zero-order valence-electron chi connectivity index (χ0n) is 17.1. The maximum absolute atomic E-state index is 12.7. The highest BCUT2D eigenvalue weighted by molar-refractivity contribution is 7.15. The molecule has 29 heavy (non-hydrogen) atoms. The van der Waals surface area contributed by atoms with Crippen LogP contribution in [0.2, 0.25) is 0 Å². The minimum Gasteiger partial charge on any atom is -0.497 e. The number of carbonyl (C=O) groups is 1. The average Bonchev–Trinajstić information content (AvgIpc) is 3.35. The van der Waals surface area contributed by atoms with Gasteiger partial charge in [-0.1, -0.05) is 12.1 Å². The van der Waals surface area contributed by atoms with Crippen LogP contribution in [0.15, 0.2) is 42.0 Å². The molecule has 6 nitrogen and oxygen atoms in total. The lowest BCUT2D eigenvalue weighted by atomic mass is 9.96. The number of amides is 1. The van der Waals surface area contributed by atoms with Gasteiger partial charge in [-0.05, 0) is 56.0 Å². The second-order valence-corrected chi connectivity index (χ2v) is 8.66. The predicted molar refractivity (Wildman–Crippen MR) is 116 cm³/mol. The van der Waals surface area contributed by atoms with E-state index >= 15 is 0 Å². The van der Waals surface area contributed by atoms with Crippen LogP contribution in [0.1, 0.15) is 28.9 Å². The zero-order valence-corrected chi connectivity index (χ0v) is 17.9. The van der Waals surface area contributed by atoms with Gasteiger partial charge in [-0.15, -0.1) is 11.3 Å². The molecule has 1 aliphatic rings. The molecule has 2 aromatic heterocycles. The number of aromatic nitrogens is 2. The van der Waals surface area contributed by atoms with Crippen molar-refractivity contribution in [2.24, 2.45) is 5.92 Å². The van der Waals surface area contributed by atoms with Crippen LogP contribution in [0.3, 0.4) is 0 Å². The van der Waals surface area contributed by atoms with Crippen molar-refractivity contribution in [3.63, 3.8) is 0 Å². The van der Waals surface area contributed by atoms with Gasteiger partial charge < -0.3 is 14.5 Å². The Labute approximate surface area is 175 Å². The van der Waals surface area contributed by atoms with Crippen molar-refractivity contribution in [3.8, 4) is 5.75 Å². The first kappa shape index (κ1) is 19.9. The fraction of sp³-hybridized carbons (Fsp3) is 0.455. The molecule has 154 valence electrons. The standard InChI is InChI=1S/C22H28N4O2S/c1-24(21(27)20-16-26-13-14-29-22(26)23-20)15-18-8-11-25(12-9-18)10-7-17-3-5-19(28-2)6-4-17/h3-6,13-14,16,18H,7-12,15H2,1-2H3. The lowest BCUT2D eigenvalue weighted by molar-refractivity contribution is 0.0735. The van der Waals surface area contributed by atoms with E-state index in [4.69, 9.17) is 4.74 Å². The van der Waals surface area contributed by atoms with Crippen LogP contribution in [0.25, 0.3) is 4.96 Å². The minimum absolute atomic E-state index is 0.0165. The molecule has 0 N–H and O–H groups in total. The first-order valence-corrected chi connectivity index (χ1v) is 11.0. The molecule has 7 heteroatoms. The first-order valence-electron chi connectivity index (χ1n) is 10.2. The molecule has 3 heterocycles. The summed E-state index contributed by atoms with van der Waals surface area (Å²) < 4.78 is 7.13. The quantitative estimate of drug-likeness (QED) is 0.597. The summed E-state index contributed by atoms with van der Waals surface area (Å²) >= 11 is 1.55. The summed E-state index contributed by atoms with van der Waals surface area (Å²) in [5.74, 6) is 1.48. The second kappa shape index (κ2) is 8.97. The molecule has 3 aromatic rings. The van der Waals surface area contributed by atoms with E-state index in [9.17, 15) is 4.79 Å². The van der Waals surface area contributed by atoms with Gasteiger partial charge in [0.25, 0.3) is 5.91 Å². The number of thiazole rings is 1. The predicted octanol–water partition coefficient (Wildman–Crippen LogP) is 3.43. The van der Waals surface area contributed by atoms with Crippen LogP contribution in [0.5, 0.6) is 5.75 Å². The van der Waals surface area contributed by atoms with E-state index < -0.39 is 0 Å². The molecule has 4 rings (SSSR count). The third-order valence-electron chi connectivity index (χ3n) is 5.77. The number of rotatable bonds is 7.